The van der Waals surface area contributed by atoms with Crippen LogP contribution in [0.25, 0.3) is 10.9 Å². The third kappa shape index (κ3) is 5.84. The first-order chi connectivity index (χ1) is 17.4. The number of hydrogen-bond acceptors (Lipinski definition) is 7. The van der Waals surface area contributed by atoms with Crippen LogP contribution >= 0.6 is 23.2 Å². The first-order valence-electron chi connectivity index (χ1n) is 11.7. The Labute approximate surface area is 218 Å². The number of nitrogens with zero attached hydrogens (tertiary/aromatic N) is 3. The zero-order valence-corrected chi connectivity index (χ0v) is 21.5. The van der Waals surface area contributed by atoms with Gasteiger partial charge in [-0.15, -0.1) is 0 Å². The van der Waals surface area contributed by atoms with E-state index < -0.39 is 5.82 Å². The number of likely N-dealkylation sites (tertiary alicyclic amines) is 1. The largest absolute Gasteiger partial charge is 0.493 e. The lowest BCUT2D eigenvalue weighted by atomic mass is 10.1. The number of benzene rings is 2. The van der Waals surface area contributed by atoms with Crippen LogP contribution in [0.5, 0.6) is 11.5 Å². The summed E-state index contributed by atoms with van der Waals surface area (Å²) in [5, 5.41) is 3.52. The Hall–Kier alpha value is -3.04. The molecule has 0 saturated carbocycles. The summed E-state index contributed by atoms with van der Waals surface area (Å²) in [6, 6.07) is 6.49. The van der Waals surface area contributed by atoms with E-state index in [1.165, 1.54) is 18.5 Å². The van der Waals surface area contributed by atoms with Gasteiger partial charge < -0.3 is 24.4 Å². The smallest absolute Gasteiger partial charge is 0.409 e. The highest BCUT2D eigenvalue weighted by atomic mass is 35.5. The van der Waals surface area contributed by atoms with Gasteiger partial charge in [-0.25, -0.2) is 19.2 Å². The minimum absolute atomic E-state index is 0.118. The molecule has 2 heterocycles. The van der Waals surface area contributed by atoms with Gasteiger partial charge in [0.25, 0.3) is 0 Å². The highest BCUT2D eigenvalue weighted by molar-refractivity contribution is 6.42. The summed E-state index contributed by atoms with van der Waals surface area (Å²) >= 11 is 11.9. The first kappa shape index (κ1) is 26.0. The molecule has 11 heteroatoms. The molecular weight excluding hydrogens is 510 g/mol. The maximum Gasteiger partial charge on any atom is 0.409 e. The molecule has 1 saturated heterocycles. The van der Waals surface area contributed by atoms with Gasteiger partial charge in [-0.2, -0.15) is 0 Å². The summed E-state index contributed by atoms with van der Waals surface area (Å²) in [4.78, 5) is 22.5. The van der Waals surface area contributed by atoms with Crippen molar-refractivity contribution >= 4 is 51.7 Å². The zero-order valence-electron chi connectivity index (χ0n) is 20.0. The number of unbranched alkanes of at least 4 members (excludes halogenated alkanes) is 1. The van der Waals surface area contributed by atoms with Crippen LogP contribution < -0.4 is 14.8 Å². The van der Waals surface area contributed by atoms with Gasteiger partial charge in [0.15, 0.2) is 17.3 Å². The molecule has 1 aromatic heterocycles. The lowest BCUT2D eigenvalue weighted by molar-refractivity contribution is 0.0661. The lowest BCUT2D eigenvalue weighted by Crippen LogP contribution is -2.42. The van der Waals surface area contributed by atoms with Gasteiger partial charge in [-0.05, 0) is 24.6 Å². The number of rotatable bonds is 8. The van der Waals surface area contributed by atoms with Crippen molar-refractivity contribution in [3.8, 4) is 11.5 Å². The van der Waals surface area contributed by atoms with Crippen molar-refractivity contribution in [1.82, 2.24) is 14.9 Å². The van der Waals surface area contributed by atoms with Crippen molar-refractivity contribution in [3.63, 3.8) is 0 Å². The Kier molecular flexibility index (Phi) is 8.53. The Bertz CT molecular complexity index is 1240. The normalized spacial score (nSPS) is 14.1. The summed E-state index contributed by atoms with van der Waals surface area (Å²) in [7, 11) is 1.55. The molecule has 8 nitrogen and oxygen atoms in total. The number of amides is 1. The Morgan fingerprint density at radius 1 is 1.19 bits per heavy atom. The molecule has 0 radical (unpaired) electrons. The third-order valence-corrected chi connectivity index (χ3v) is 6.71. The second kappa shape index (κ2) is 11.8. The van der Waals surface area contributed by atoms with Gasteiger partial charge >= 0.3 is 6.09 Å². The van der Waals surface area contributed by atoms with Crippen LogP contribution in [0.3, 0.4) is 0 Å². The number of nitrogens with one attached hydrogen (secondary N) is 1. The van der Waals surface area contributed by atoms with E-state index in [9.17, 15) is 9.18 Å². The molecule has 2 aromatic carbocycles. The van der Waals surface area contributed by atoms with Gasteiger partial charge in [0, 0.05) is 37.4 Å². The average molecular weight is 537 g/mol. The highest BCUT2D eigenvalue weighted by Gasteiger charge is 2.26. The summed E-state index contributed by atoms with van der Waals surface area (Å²) in [5.41, 5.74) is 0.711. The first-order valence-corrected chi connectivity index (χ1v) is 12.5. The van der Waals surface area contributed by atoms with Gasteiger partial charge in [-0.3, -0.25) is 0 Å². The van der Waals surface area contributed by atoms with E-state index >= 15 is 0 Å². The van der Waals surface area contributed by atoms with Gasteiger partial charge in [0.05, 0.1) is 35.0 Å². The Morgan fingerprint density at radius 2 is 1.97 bits per heavy atom. The number of methoxy groups -OCH3 is 1. The monoisotopic (exact) mass is 536 g/mol. The standard InChI is InChI=1S/C25H27Cl2FN4O4/c1-3-4-11-35-25(33)32-9-7-15(8-10-32)36-21-12-16-19(13-20(21)34-2)29-14-30-24(16)31-18-6-5-17(26)22(27)23(18)28/h5-6,12-15H,3-4,7-11H2,1-2H3,(H,29,30,31). The fourth-order valence-corrected chi connectivity index (χ4v) is 4.21. The topological polar surface area (TPSA) is 85.8 Å². The number of carbonyl (C=O) groups is 1. The summed E-state index contributed by atoms with van der Waals surface area (Å²) < 4.78 is 31.7. The molecule has 192 valence electrons. The number of ether oxygens (including phenoxy) is 3. The molecule has 0 atom stereocenters. The maximum absolute atomic E-state index is 14.6. The summed E-state index contributed by atoms with van der Waals surface area (Å²) in [6.45, 7) is 3.56. The van der Waals surface area contributed by atoms with Crippen LogP contribution in [0.4, 0.5) is 20.7 Å². The summed E-state index contributed by atoms with van der Waals surface area (Å²) in [5.74, 6) is 0.700. The van der Waals surface area contributed by atoms with Crippen molar-refractivity contribution in [2.45, 2.75) is 38.7 Å². The van der Waals surface area contributed by atoms with E-state index in [0.29, 0.717) is 60.8 Å². The zero-order chi connectivity index (χ0) is 25.7. The van der Waals surface area contributed by atoms with E-state index in [1.54, 1.807) is 24.1 Å². The molecular formula is C25H27Cl2FN4O4. The Balaban J connectivity index is 1.52. The molecule has 1 aliphatic rings. The van der Waals surface area contributed by atoms with Gasteiger partial charge in [-0.1, -0.05) is 36.5 Å². The number of piperidine rings is 1. The fraction of sp³-hybridized carbons (Fsp3) is 0.400. The molecule has 0 aliphatic carbocycles. The number of anilines is 2. The second-order valence-electron chi connectivity index (χ2n) is 8.36. The molecule has 0 spiro atoms. The van der Waals surface area contributed by atoms with E-state index in [-0.39, 0.29) is 27.9 Å². The van der Waals surface area contributed by atoms with Crippen LogP contribution in [0, 0.1) is 5.82 Å². The molecule has 1 fully saturated rings. The quantitative estimate of drug-likeness (QED) is 0.256. The van der Waals surface area contributed by atoms with Crippen molar-refractivity contribution in [2.75, 3.05) is 32.1 Å². The molecule has 0 bridgehead atoms. The molecule has 1 N–H and O–H groups in total. The number of fused-ring (bicyclic) bond motifs is 1. The van der Waals surface area contributed by atoms with Crippen LogP contribution in [0.2, 0.25) is 10.0 Å². The van der Waals surface area contributed by atoms with E-state index in [2.05, 4.69) is 22.2 Å². The van der Waals surface area contributed by atoms with Gasteiger partial charge in [0.1, 0.15) is 18.2 Å². The average Bonchev–Trinajstić information content (AvgIpc) is 2.89. The SMILES string of the molecule is CCCCOC(=O)N1CCC(Oc2cc3c(Nc4ccc(Cl)c(Cl)c4F)ncnc3cc2OC)CC1. The lowest BCUT2D eigenvalue weighted by Gasteiger charge is -2.31. The van der Waals surface area contributed by atoms with Crippen LogP contribution in [0.1, 0.15) is 32.6 Å². The highest BCUT2D eigenvalue weighted by Crippen LogP contribution is 2.37. The maximum atomic E-state index is 14.6. The third-order valence-electron chi connectivity index (χ3n) is 5.93. The summed E-state index contributed by atoms with van der Waals surface area (Å²) in [6.07, 6.45) is 4.09. The minimum Gasteiger partial charge on any atom is -0.493 e. The predicted octanol–water partition coefficient (Wildman–Crippen LogP) is 6.61. The van der Waals surface area contributed by atoms with E-state index in [4.69, 9.17) is 37.4 Å². The van der Waals surface area contributed by atoms with E-state index in [1.807, 2.05) is 0 Å². The molecule has 0 unspecified atom stereocenters. The molecule has 1 amide bonds. The predicted molar refractivity (Wildman–Crippen MR) is 137 cm³/mol. The van der Waals surface area contributed by atoms with E-state index in [0.717, 1.165) is 12.8 Å². The van der Waals surface area contributed by atoms with Gasteiger partial charge in [0.2, 0.25) is 0 Å². The number of aromatic nitrogens is 2. The van der Waals surface area contributed by atoms with Crippen molar-refractivity contribution in [3.05, 3.63) is 46.5 Å². The van der Waals surface area contributed by atoms with Crippen LogP contribution in [0.15, 0.2) is 30.6 Å². The van der Waals surface area contributed by atoms with Crippen molar-refractivity contribution < 1.29 is 23.4 Å². The Morgan fingerprint density at radius 3 is 2.69 bits per heavy atom. The minimum atomic E-state index is -0.680. The molecule has 3 aromatic rings. The van der Waals surface area contributed by atoms with Crippen LogP contribution in [-0.2, 0) is 4.74 Å². The van der Waals surface area contributed by atoms with Crippen molar-refractivity contribution in [1.29, 1.82) is 0 Å². The van der Waals surface area contributed by atoms with Crippen molar-refractivity contribution in [2.24, 2.45) is 0 Å². The number of halogens is 3. The number of carbonyl (C=O) groups excluding carboxylic acids is 1. The molecule has 36 heavy (non-hydrogen) atoms. The van der Waals surface area contributed by atoms with Crippen LogP contribution in [-0.4, -0.2) is 53.9 Å². The number of hydrogen-bond donors (Lipinski definition) is 1. The second-order valence-corrected chi connectivity index (χ2v) is 9.15. The molecule has 4 rings (SSSR count). The fourth-order valence-electron chi connectivity index (χ4n) is 3.90. The molecule has 1 aliphatic heterocycles.